The van der Waals surface area contributed by atoms with Crippen LogP contribution in [-0.2, 0) is 5.41 Å². The molecule has 0 saturated carbocycles. The zero-order chi connectivity index (χ0) is 21.6. The molecule has 4 aromatic carbocycles. The molecule has 5 rings (SSSR count). The first kappa shape index (κ1) is 19.4. The van der Waals surface area contributed by atoms with Gasteiger partial charge in [0.2, 0.25) is 0 Å². The smallest absolute Gasteiger partial charge is 0.261 e. The molecule has 0 bridgehead atoms. The molecule has 31 heavy (non-hydrogen) atoms. The van der Waals surface area contributed by atoms with Crippen molar-refractivity contribution in [3.8, 4) is 5.75 Å². The lowest BCUT2D eigenvalue weighted by atomic mass is 9.85. The number of rotatable bonds is 3. The van der Waals surface area contributed by atoms with Crippen LogP contribution in [0.3, 0.4) is 0 Å². The predicted molar refractivity (Wildman–Crippen MR) is 126 cm³/mol. The molecule has 1 aliphatic heterocycles. The van der Waals surface area contributed by atoms with Gasteiger partial charge in [-0.3, -0.25) is 9.69 Å². The van der Waals surface area contributed by atoms with E-state index < -0.39 is 6.23 Å². The van der Waals surface area contributed by atoms with E-state index in [1.807, 2.05) is 78.6 Å². The van der Waals surface area contributed by atoms with Gasteiger partial charge in [0.25, 0.3) is 5.91 Å². The van der Waals surface area contributed by atoms with Gasteiger partial charge in [0, 0.05) is 11.0 Å². The minimum Gasteiger partial charge on any atom is -0.469 e. The van der Waals surface area contributed by atoms with Crippen LogP contribution in [0.2, 0.25) is 0 Å². The minimum absolute atomic E-state index is 0.0486. The van der Waals surface area contributed by atoms with Gasteiger partial charge in [-0.2, -0.15) is 0 Å². The fraction of sp³-hybridized carbons (Fsp3) is 0.179. The molecule has 0 spiro atoms. The summed E-state index contributed by atoms with van der Waals surface area (Å²) in [6, 6.07) is 30.1. The number of carbonyl (C=O) groups excluding carboxylic acids is 1. The van der Waals surface area contributed by atoms with Gasteiger partial charge in [-0.1, -0.05) is 80.1 Å². The van der Waals surface area contributed by atoms with Crippen molar-refractivity contribution in [2.45, 2.75) is 32.4 Å². The van der Waals surface area contributed by atoms with E-state index in [0.717, 1.165) is 33.3 Å². The summed E-state index contributed by atoms with van der Waals surface area (Å²) in [5.74, 6) is 0.708. The van der Waals surface area contributed by atoms with Crippen molar-refractivity contribution in [3.63, 3.8) is 0 Å². The van der Waals surface area contributed by atoms with E-state index in [-0.39, 0.29) is 11.3 Å². The number of aryl methyl sites for hydroxylation is 1. The molecular formula is C28H25NO2. The second-order valence-corrected chi connectivity index (χ2v) is 8.76. The summed E-state index contributed by atoms with van der Waals surface area (Å²) in [5, 5.41) is 2.28. The zero-order valence-corrected chi connectivity index (χ0v) is 18.0. The van der Waals surface area contributed by atoms with E-state index in [1.165, 1.54) is 0 Å². The third kappa shape index (κ3) is 3.27. The van der Waals surface area contributed by atoms with Gasteiger partial charge < -0.3 is 4.74 Å². The lowest BCUT2D eigenvalue weighted by Crippen LogP contribution is -2.48. The highest BCUT2D eigenvalue weighted by Gasteiger charge is 2.49. The fourth-order valence-corrected chi connectivity index (χ4v) is 4.51. The molecule has 3 heteroatoms. The molecule has 0 aliphatic carbocycles. The average Bonchev–Trinajstić information content (AvgIpc) is 3.00. The minimum atomic E-state index is -0.459. The molecule has 0 aromatic heterocycles. The highest BCUT2D eigenvalue weighted by molar-refractivity contribution is 6.08. The molecule has 1 aliphatic rings. The number of ether oxygens (including phenoxy) is 1. The van der Waals surface area contributed by atoms with Crippen LogP contribution in [-0.4, -0.2) is 12.1 Å². The second-order valence-electron chi connectivity index (χ2n) is 8.76. The third-order valence-electron chi connectivity index (χ3n) is 6.16. The Labute approximate surface area is 182 Å². The first-order valence-electron chi connectivity index (χ1n) is 10.6. The number of carbonyl (C=O) groups is 1. The highest BCUT2D eigenvalue weighted by Crippen LogP contribution is 2.46. The summed E-state index contributed by atoms with van der Waals surface area (Å²) in [6.45, 7) is 6.28. The topological polar surface area (TPSA) is 29.5 Å². The Kier molecular flexibility index (Phi) is 4.55. The summed E-state index contributed by atoms with van der Waals surface area (Å²) in [6.07, 6.45) is -0.459. The maximum atomic E-state index is 13.7. The molecule has 1 amide bonds. The van der Waals surface area contributed by atoms with Gasteiger partial charge in [0.15, 0.2) is 6.23 Å². The van der Waals surface area contributed by atoms with Crippen LogP contribution in [0.25, 0.3) is 10.8 Å². The van der Waals surface area contributed by atoms with E-state index in [1.54, 1.807) is 0 Å². The van der Waals surface area contributed by atoms with Crippen molar-refractivity contribution in [2.24, 2.45) is 0 Å². The lowest BCUT2D eigenvalue weighted by Gasteiger charge is -2.33. The van der Waals surface area contributed by atoms with Gasteiger partial charge >= 0.3 is 0 Å². The van der Waals surface area contributed by atoms with Crippen molar-refractivity contribution in [1.82, 2.24) is 0 Å². The SMILES string of the molecule is Cc1cccc(C(=O)N2c3ccccc3C(C)(C)[C@H]2Oc2ccc3ccccc3c2)c1. The number of hydrogen-bond donors (Lipinski definition) is 0. The molecular weight excluding hydrogens is 382 g/mol. The number of para-hydroxylation sites is 1. The van der Waals surface area contributed by atoms with E-state index in [4.69, 9.17) is 4.74 Å². The molecule has 154 valence electrons. The van der Waals surface area contributed by atoms with Crippen molar-refractivity contribution >= 4 is 22.4 Å². The standard InChI is InChI=1S/C28H25NO2/c1-19-9-8-12-22(17-19)26(30)29-25-14-7-6-13-24(25)28(2,3)27(29)31-23-16-15-20-10-4-5-11-21(20)18-23/h4-18,27H,1-3H3/t27-/m1/s1. The number of nitrogens with zero attached hydrogens (tertiary/aromatic N) is 1. The third-order valence-corrected chi connectivity index (χ3v) is 6.16. The normalized spacial score (nSPS) is 16.9. The Balaban J connectivity index is 1.59. The summed E-state index contributed by atoms with van der Waals surface area (Å²) in [5.41, 5.74) is 3.37. The summed E-state index contributed by atoms with van der Waals surface area (Å²) < 4.78 is 6.57. The zero-order valence-electron chi connectivity index (χ0n) is 18.0. The highest BCUT2D eigenvalue weighted by atomic mass is 16.5. The Morgan fingerprint density at radius 3 is 2.39 bits per heavy atom. The quantitative estimate of drug-likeness (QED) is 0.388. The molecule has 0 unspecified atom stereocenters. The van der Waals surface area contributed by atoms with Crippen LogP contribution in [0.15, 0.2) is 91.0 Å². The molecule has 0 saturated heterocycles. The van der Waals surface area contributed by atoms with Gasteiger partial charge in [0.1, 0.15) is 5.75 Å². The Morgan fingerprint density at radius 2 is 1.58 bits per heavy atom. The maximum Gasteiger partial charge on any atom is 0.261 e. The van der Waals surface area contributed by atoms with E-state index in [0.29, 0.717) is 5.56 Å². The van der Waals surface area contributed by atoms with E-state index in [2.05, 4.69) is 38.1 Å². The van der Waals surface area contributed by atoms with Crippen molar-refractivity contribution in [2.75, 3.05) is 4.90 Å². The number of anilines is 1. The summed E-state index contributed by atoms with van der Waals surface area (Å²) in [7, 11) is 0. The Morgan fingerprint density at radius 1 is 0.839 bits per heavy atom. The summed E-state index contributed by atoms with van der Waals surface area (Å²) in [4.78, 5) is 15.5. The van der Waals surface area contributed by atoms with Gasteiger partial charge in [-0.05, 0) is 53.6 Å². The van der Waals surface area contributed by atoms with E-state index >= 15 is 0 Å². The van der Waals surface area contributed by atoms with Gasteiger partial charge in [-0.15, -0.1) is 0 Å². The van der Waals surface area contributed by atoms with Gasteiger partial charge in [0.05, 0.1) is 5.69 Å². The predicted octanol–water partition coefficient (Wildman–Crippen LogP) is 6.49. The van der Waals surface area contributed by atoms with Crippen molar-refractivity contribution < 1.29 is 9.53 Å². The Bertz CT molecular complexity index is 1290. The van der Waals surface area contributed by atoms with Crippen LogP contribution in [0.1, 0.15) is 35.3 Å². The molecule has 3 nitrogen and oxygen atoms in total. The van der Waals surface area contributed by atoms with Crippen LogP contribution < -0.4 is 9.64 Å². The molecule has 0 N–H and O–H groups in total. The largest absolute Gasteiger partial charge is 0.469 e. The number of fused-ring (bicyclic) bond motifs is 2. The lowest BCUT2D eigenvalue weighted by molar-refractivity contribution is 0.0848. The first-order chi connectivity index (χ1) is 14.9. The monoisotopic (exact) mass is 407 g/mol. The summed E-state index contributed by atoms with van der Waals surface area (Å²) >= 11 is 0. The van der Waals surface area contributed by atoms with Crippen molar-refractivity contribution in [3.05, 3.63) is 108 Å². The van der Waals surface area contributed by atoms with Gasteiger partial charge in [-0.25, -0.2) is 0 Å². The number of amides is 1. The average molecular weight is 408 g/mol. The number of hydrogen-bond acceptors (Lipinski definition) is 2. The molecule has 1 heterocycles. The molecule has 0 fully saturated rings. The van der Waals surface area contributed by atoms with Crippen LogP contribution in [0, 0.1) is 6.92 Å². The molecule has 1 atom stereocenters. The van der Waals surface area contributed by atoms with Crippen LogP contribution in [0.4, 0.5) is 5.69 Å². The fourth-order valence-electron chi connectivity index (χ4n) is 4.51. The Hall–Kier alpha value is -3.59. The number of benzene rings is 4. The van der Waals surface area contributed by atoms with Crippen molar-refractivity contribution in [1.29, 1.82) is 0 Å². The first-order valence-corrected chi connectivity index (χ1v) is 10.6. The van der Waals surface area contributed by atoms with Crippen LogP contribution in [0.5, 0.6) is 5.75 Å². The maximum absolute atomic E-state index is 13.7. The van der Waals surface area contributed by atoms with Crippen LogP contribution >= 0.6 is 0 Å². The molecule has 0 radical (unpaired) electrons. The second kappa shape index (κ2) is 7.28. The van der Waals surface area contributed by atoms with E-state index in [9.17, 15) is 4.79 Å². The molecule has 4 aromatic rings.